The van der Waals surface area contributed by atoms with Gasteiger partial charge in [0.1, 0.15) is 0 Å². The molecule has 0 spiro atoms. The van der Waals surface area contributed by atoms with Crippen molar-refractivity contribution in [2.24, 2.45) is 5.10 Å². The lowest BCUT2D eigenvalue weighted by Gasteiger charge is -2.01. The molecule has 3 nitrogen and oxygen atoms in total. The van der Waals surface area contributed by atoms with Gasteiger partial charge in [0, 0.05) is 25.9 Å². The highest BCUT2D eigenvalue weighted by Gasteiger charge is 1.96. The van der Waals surface area contributed by atoms with Gasteiger partial charge in [-0.15, -0.1) is 0 Å². The Morgan fingerprint density at radius 2 is 1.93 bits per heavy atom. The summed E-state index contributed by atoms with van der Waals surface area (Å²) in [5, 5.41) is 5.68. The van der Waals surface area contributed by atoms with Crippen LogP contribution < -0.4 is 0 Å². The molecule has 78 valence electrons. The van der Waals surface area contributed by atoms with Crippen LogP contribution >= 0.6 is 0 Å². The van der Waals surface area contributed by atoms with E-state index in [1.165, 1.54) is 0 Å². The number of aldehydes is 1. The minimum absolute atomic E-state index is 0.626. The predicted molar refractivity (Wildman–Crippen MR) is 62.7 cm³/mol. The first-order valence-electron chi connectivity index (χ1n) is 4.66. The molecule has 15 heavy (non-hydrogen) atoms. The van der Waals surface area contributed by atoms with Crippen LogP contribution in [0, 0.1) is 0 Å². The second-order valence-electron chi connectivity index (χ2n) is 3.22. The first-order chi connectivity index (χ1) is 7.24. The molecule has 0 saturated heterocycles. The first-order valence-corrected chi connectivity index (χ1v) is 4.66. The van der Waals surface area contributed by atoms with Crippen LogP contribution in [0.2, 0.25) is 0 Å². The van der Waals surface area contributed by atoms with Crippen LogP contribution in [0.3, 0.4) is 0 Å². The van der Waals surface area contributed by atoms with Crippen LogP contribution in [0.4, 0.5) is 0 Å². The molecular formula is C12H14N2O. The number of benzene rings is 1. The average molecular weight is 202 g/mol. The highest BCUT2D eigenvalue weighted by atomic mass is 16.1. The van der Waals surface area contributed by atoms with Crippen molar-refractivity contribution >= 4 is 18.1 Å². The molecule has 0 amide bonds. The largest absolute Gasteiger partial charge is 0.303 e. The molecule has 0 radical (unpaired) electrons. The second kappa shape index (κ2) is 5.75. The molecule has 0 saturated carbocycles. The van der Waals surface area contributed by atoms with Gasteiger partial charge in [-0.2, -0.15) is 5.10 Å². The normalized spacial score (nSPS) is 11.7. The van der Waals surface area contributed by atoms with E-state index in [0.717, 1.165) is 11.8 Å². The Morgan fingerprint density at radius 1 is 1.27 bits per heavy atom. The quantitative estimate of drug-likeness (QED) is 0.323. The number of carbonyl (C=O) groups is 1. The number of nitrogens with zero attached hydrogens (tertiary/aromatic N) is 2. The van der Waals surface area contributed by atoms with E-state index in [0.29, 0.717) is 5.57 Å². The SMILES string of the molecule is CN(C)/N=C/C=C(/C=O)c1ccccc1. The molecule has 1 rings (SSSR count). The van der Waals surface area contributed by atoms with Crippen molar-refractivity contribution in [3.8, 4) is 0 Å². The Kier molecular flexibility index (Phi) is 4.29. The molecule has 0 aliphatic carbocycles. The Hall–Kier alpha value is -1.90. The Morgan fingerprint density at radius 3 is 2.47 bits per heavy atom. The van der Waals surface area contributed by atoms with E-state index in [1.807, 2.05) is 44.4 Å². The fraction of sp³-hybridized carbons (Fsp3) is 0.167. The monoisotopic (exact) mass is 202 g/mol. The number of allylic oxidation sites excluding steroid dienone is 2. The molecule has 0 aliphatic heterocycles. The van der Waals surface area contributed by atoms with Gasteiger partial charge in [-0.05, 0) is 11.6 Å². The third-order valence-corrected chi connectivity index (χ3v) is 1.79. The van der Waals surface area contributed by atoms with E-state index >= 15 is 0 Å². The van der Waals surface area contributed by atoms with Gasteiger partial charge in [0.15, 0.2) is 6.29 Å². The average Bonchev–Trinajstić information content (AvgIpc) is 2.25. The van der Waals surface area contributed by atoms with Crippen LogP contribution in [0.5, 0.6) is 0 Å². The summed E-state index contributed by atoms with van der Waals surface area (Å²) in [5.41, 5.74) is 1.53. The van der Waals surface area contributed by atoms with E-state index < -0.39 is 0 Å². The number of carbonyl (C=O) groups excluding carboxylic acids is 1. The molecule has 1 aromatic rings. The zero-order valence-corrected chi connectivity index (χ0v) is 8.92. The number of hydrogen-bond donors (Lipinski definition) is 0. The Labute approximate surface area is 89.7 Å². The van der Waals surface area contributed by atoms with E-state index in [2.05, 4.69) is 5.10 Å². The standard InChI is InChI=1S/C12H14N2O/c1-14(2)13-9-8-12(10-15)11-6-4-3-5-7-11/h3-10H,1-2H3/b12-8-,13-9+. The fourth-order valence-electron chi connectivity index (χ4n) is 1.08. The van der Waals surface area contributed by atoms with E-state index in [4.69, 9.17) is 0 Å². The molecule has 0 aromatic heterocycles. The minimum atomic E-state index is 0.626. The third kappa shape index (κ3) is 3.77. The highest BCUT2D eigenvalue weighted by Crippen LogP contribution is 2.09. The van der Waals surface area contributed by atoms with Gasteiger partial charge in [-0.25, -0.2) is 0 Å². The van der Waals surface area contributed by atoms with E-state index in [-0.39, 0.29) is 0 Å². The Bertz CT molecular complexity index is 366. The highest BCUT2D eigenvalue weighted by molar-refractivity contribution is 6.11. The maximum Gasteiger partial charge on any atom is 0.150 e. The molecule has 0 atom stereocenters. The van der Waals surface area contributed by atoms with Gasteiger partial charge < -0.3 is 5.01 Å². The molecule has 0 heterocycles. The first kappa shape index (κ1) is 11.2. The zero-order chi connectivity index (χ0) is 11.1. The van der Waals surface area contributed by atoms with E-state index in [9.17, 15) is 4.79 Å². The van der Waals surface area contributed by atoms with Gasteiger partial charge in [0.2, 0.25) is 0 Å². The molecule has 0 bridgehead atoms. The summed E-state index contributed by atoms with van der Waals surface area (Å²) in [5.74, 6) is 0. The van der Waals surface area contributed by atoms with Crippen molar-refractivity contribution < 1.29 is 4.79 Å². The van der Waals surface area contributed by atoms with E-state index in [1.54, 1.807) is 17.3 Å². The summed E-state index contributed by atoms with van der Waals surface area (Å²) in [6, 6.07) is 9.50. The van der Waals surface area contributed by atoms with Crippen LogP contribution in [-0.2, 0) is 4.79 Å². The number of hydrogen-bond acceptors (Lipinski definition) is 3. The van der Waals surface area contributed by atoms with Crippen LogP contribution in [0.1, 0.15) is 5.56 Å². The summed E-state index contributed by atoms with van der Waals surface area (Å²) in [6.07, 6.45) is 4.14. The van der Waals surface area contributed by atoms with Crippen molar-refractivity contribution in [2.45, 2.75) is 0 Å². The van der Waals surface area contributed by atoms with Gasteiger partial charge in [-0.1, -0.05) is 30.3 Å². The summed E-state index contributed by atoms with van der Waals surface area (Å²) in [4.78, 5) is 10.8. The lowest BCUT2D eigenvalue weighted by atomic mass is 10.1. The minimum Gasteiger partial charge on any atom is -0.303 e. The fourth-order valence-corrected chi connectivity index (χ4v) is 1.08. The number of rotatable bonds is 4. The van der Waals surface area contributed by atoms with Crippen LogP contribution in [0.15, 0.2) is 41.5 Å². The van der Waals surface area contributed by atoms with Crippen molar-refractivity contribution in [3.05, 3.63) is 42.0 Å². The molecule has 3 heteroatoms. The maximum atomic E-state index is 10.8. The third-order valence-electron chi connectivity index (χ3n) is 1.79. The van der Waals surface area contributed by atoms with Gasteiger partial charge >= 0.3 is 0 Å². The van der Waals surface area contributed by atoms with Gasteiger partial charge in [0.05, 0.1) is 0 Å². The summed E-state index contributed by atoms with van der Waals surface area (Å²) in [7, 11) is 3.65. The lowest BCUT2D eigenvalue weighted by Crippen LogP contribution is -2.00. The molecule has 0 fully saturated rings. The maximum absolute atomic E-state index is 10.8. The van der Waals surface area contributed by atoms with Crippen molar-refractivity contribution in [1.29, 1.82) is 0 Å². The molecular weight excluding hydrogens is 188 g/mol. The zero-order valence-electron chi connectivity index (χ0n) is 8.92. The predicted octanol–water partition coefficient (Wildman–Crippen LogP) is 1.82. The smallest absolute Gasteiger partial charge is 0.150 e. The van der Waals surface area contributed by atoms with Crippen molar-refractivity contribution in [2.75, 3.05) is 14.1 Å². The Balaban J connectivity index is 2.85. The summed E-state index contributed by atoms with van der Waals surface area (Å²) in [6.45, 7) is 0. The van der Waals surface area contributed by atoms with Crippen molar-refractivity contribution in [3.63, 3.8) is 0 Å². The second-order valence-corrected chi connectivity index (χ2v) is 3.22. The van der Waals surface area contributed by atoms with Crippen LogP contribution in [0.25, 0.3) is 5.57 Å². The van der Waals surface area contributed by atoms with Gasteiger partial charge in [0.25, 0.3) is 0 Å². The molecule has 0 unspecified atom stereocenters. The molecule has 1 aromatic carbocycles. The lowest BCUT2D eigenvalue weighted by molar-refractivity contribution is -0.103. The van der Waals surface area contributed by atoms with Gasteiger partial charge in [-0.3, -0.25) is 4.79 Å². The molecule has 0 N–H and O–H groups in total. The van der Waals surface area contributed by atoms with Crippen molar-refractivity contribution in [1.82, 2.24) is 5.01 Å². The number of hydrazone groups is 1. The topological polar surface area (TPSA) is 32.7 Å². The molecule has 0 aliphatic rings. The van der Waals surface area contributed by atoms with Crippen LogP contribution in [-0.4, -0.2) is 31.6 Å². The summed E-state index contributed by atoms with van der Waals surface area (Å²) < 4.78 is 0. The summed E-state index contributed by atoms with van der Waals surface area (Å²) >= 11 is 0.